The van der Waals surface area contributed by atoms with Crippen molar-refractivity contribution in [2.75, 3.05) is 5.73 Å². The average molecular weight is 272 g/mol. The van der Waals surface area contributed by atoms with Gasteiger partial charge in [-0.3, -0.25) is 9.48 Å². The van der Waals surface area contributed by atoms with E-state index in [0.717, 1.165) is 5.56 Å². The predicted octanol–water partition coefficient (Wildman–Crippen LogP) is 2.05. The fourth-order valence-electron chi connectivity index (χ4n) is 2.12. The van der Waals surface area contributed by atoms with Crippen LogP contribution in [0.5, 0.6) is 0 Å². The number of rotatable bonds is 4. The van der Waals surface area contributed by atoms with Crippen molar-refractivity contribution in [3.63, 3.8) is 0 Å². The fraction of sp³-hybridized carbons (Fsp3) is 0.333. The van der Waals surface area contributed by atoms with Gasteiger partial charge in [0.2, 0.25) is 0 Å². The van der Waals surface area contributed by atoms with E-state index in [2.05, 4.69) is 5.10 Å². The highest BCUT2D eigenvalue weighted by Crippen LogP contribution is 2.17. The van der Waals surface area contributed by atoms with Crippen molar-refractivity contribution in [2.24, 2.45) is 7.05 Å². The molecule has 1 aromatic carbocycles. The summed E-state index contributed by atoms with van der Waals surface area (Å²) in [6.45, 7) is 4.54. The molecule has 5 heteroatoms. The Morgan fingerprint density at radius 1 is 1.35 bits per heavy atom. The van der Waals surface area contributed by atoms with Gasteiger partial charge < -0.3 is 10.6 Å². The summed E-state index contributed by atoms with van der Waals surface area (Å²) in [4.78, 5) is 14.5. The SMILES string of the molecule is CC(C)N(Cc1ccccc1)C(=O)c1c(N)cnn1C. The molecule has 0 saturated carbocycles. The van der Waals surface area contributed by atoms with Crippen molar-refractivity contribution in [1.29, 1.82) is 0 Å². The number of hydrogen-bond donors (Lipinski definition) is 1. The minimum Gasteiger partial charge on any atom is -0.396 e. The Hall–Kier alpha value is -2.30. The number of nitrogens with two attached hydrogens (primary N) is 1. The molecule has 2 N–H and O–H groups in total. The third-order valence-electron chi connectivity index (χ3n) is 3.25. The quantitative estimate of drug-likeness (QED) is 0.926. The first-order chi connectivity index (χ1) is 9.50. The lowest BCUT2D eigenvalue weighted by molar-refractivity contribution is 0.0680. The van der Waals surface area contributed by atoms with Gasteiger partial charge in [0.25, 0.3) is 5.91 Å². The summed E-state index contributed by atoms with van der Waals surface area (Å²) in [5.41, 5.74) is 7.79. The van der Waals surface area contributed by atoms with Gasteiger partial charge in [-0.05, 0) is 19.4 Å². The lowest BCUT2D eigenvalue weighted by Crippen LogP contribution is -2.37. The second-order valence-corrected chi connectivity index (χ2v) is 5.08. The average Bonchev–Trinajstić information content (AvgIpc) is 2.76. The predicted molar refractivity (Wildman–Crippen MR) is 79.1 cm³/mol. The largest absolute Gasteiger partial charge is 0.396 e. The normalized spacial score (nSPS) is 10.8. The van der Waals surface area contributed by atoms with Crippen LogP contribution in [0, 0.1) is 0 Å². The highest BCUT2D eigenvalue weighted by molar-refractivity contribution is 5.97. The number of aryl methyl sites for hydroxylation is 1. The van der Waals surface area contributed by atoms with Crippen LogP contribution < -0.4 is 5.73 Å². The van der Waals surface area contributed by atoms with Crippen molar-refractivity contribution in [3.8, 4) is 0 Å². The van der Waals surface area contributed by atoms with Gasteiger partial charge in [-0.2, -0.15) is 5.10 Å². The van der Waals surface area contributed by atoms with E-state index >= 15 is 0 Å². The lowest BCUT2D eigenvalue weighted by Gasteiger charge is -2.27. The highest BCUT2D eigenvalue weighted by atomic mass is 16.2. The van der Waals surface area contributed by atoms with E-state index in [9.17, 15) is 4.79 Å². The third kappa shape index (κ3) is 2.82. The second-order valence-electron chi connectivity index (χ2n) is 5.08. The first-order valence-corrected chi connectivity index (χ1v) is 6.63. The third-order valence-corrected chi connectivity index (χ3v) is 3.25. The van der Waals surface area contributed by atoms with E-state index in [-0.39, 0.29) is 11.9 Å². The van der Waals surface area contributed by atoms with Crippen molar-refractivity contribution in [1.82, 2.24) is 14.7 Å². The standard InChI is InChI=1S/C15H20N4O/c1-11(2)19(10-12-7-5-4-6-8-12)15(20)14-13(16)9-17-18(14)3/h4-9,11H,10,16H2,1-3H3. The molecule has 5 nitrogen and oxygen atoms in total. The molecule has 0 bridgehead atoms. The van der Waals surface area contributed by atoms with Gasteiger partial charge in [0.15, 0.2) is 0 Å². The maximum absolute atomic E-state index is 12.7. The summed E-state index contributed by atoms with van der Waals surface area (Å²) in [7, 11) is 1.73. The van der Waals surface area contributed by atoms with Crippen LogP contribution in [0.4, 0.5) is 5.69 Å². The van der Waals surface area contributed by atoms with Crippen LogP contribution in [-0.4, -0.2) is 26.6 Å². The Balaban J connectivity index is 2.28. The summed E-state index contributed by atoms with van der Waals surface area (Å²) in [6.07, 6.45) is 1.51. The molecule has 0 spiro atoms. The number of carbonyl (C=O) groups excluding carboxylic acids is 1. The van der Waals surface area contributed by atoms with Crippen LogP contribution in [0.1, 0.15) is 29.9 Å². The van der Waals surface area contributed by atoms with Crippen LogP contribution in [-0.2, 0) is 13.6 Å². The van der Waals surface area contributed by atoms with Crippen LogP contribution >= 0.6 is 0 Å². The zero-order valence-corrected chi connectivity index (χ0v) is 12.1. The number of anilines is 1. The van der Waals surface area contributed by atoms with Crippen molar-refractivity contribution >= 4 is 11.6 Å². The number of benzene rings is 1. The maximum Gasteiger partial charge on any atom is 0.274 e. The summed E-state index contributed by atoms with van der Waals surface area (Å²) < 4.78 is 1.53. The van der Waals surface area contributed by atoms with Gasteiger partial charge >= 0.3 is 0 Å². The van der Waals surface area contributed by atoms with Crippen LogP contribution in [0.25, 0.3) is 0 Å². The molecular weight excluding hydrogens is 252 g/mol. The number of amides is 1. The Morgan fingerprint density at radius 3 is 2.50 bits per heavy atom. The number of carbonyl (C=O) groups is 1. The van der Waals surface area contributed by atoms with Gasteiger partial charge in [-0.1, -0.05) is 30.3 Å². The fourth-order valence-corrected chi connectivity index (χ4v) is 2.12. The molecular formula is C15H20N4O. The summed E-state index contributed by atoms with van der Waals surface area (Å²) >= 11 is 0. The highest BCUT2D eigenvalue weighted by Gasteiger charge is 2.24. The Morgan fingerprint density at radius 2 is 2.00 bits per heavy atom. The van der Waals surface area contributed by atoms with E-state index in [1.54, 1.807) is 11.9 Å². The molecule has 1 amide bonds. The molecule has 2 rings (SSSR count). The zero-order valence-electron chi connectivity index (χ0n) is 12.1. The number of hydrogen-bond acceptors (Lipinski definition) is 3. The minimum absolute atomic E-state index is 0.0806. The molecule has 0 aliphatic rings. The Kier molecular flexibility index (Phi) is 4.08. The first-order valence-electron chi connectivity index (χ1n) is 6.63. The van der Waals surface area contributed by atoms with E-state index in [4.69, 9.17) is 5.73 Å². The topological polar surface area (TPSA) is 64.2 Å². The molecule has 0 aliphatic heterocycles. The van der Waals surface area contributed by atoms with Crippen LogP contribution in [0.15, 0.2) is 36.5 Å². The minimum atomic E-state index is -0.0960. The summed E-state index contributed by atoms with van der Waals surface area (Å²) in [6, 6.07) is 10.00. The second kappa shape index (κ2) is 5.77. The van der Waals surface area contributed by atoms with Crippen molar-refractivity contribution in [3.05, 3.63) is 47.8 Å². The summed E-state index contributed by atoms with van der Waals surface area (Å²) in [5, 5.41) is 4.03. The molecule has 2 aromatic rings. The van der Waals surface area contributed by atoms with E-state index in [0.29, 0.717) is 17.9 Å². The lowest BCUT2D eigenvalue weighted by atomic mass is 10.1. The first kappa shape index (κ1) is 14.1. The molecule has 0 saturated heterocycles. The molecule has 0 radical (unpaired) electrons. The molecule has 20 heavy (non-hydrogen) atoms. The van der Waals surface area contributed by atoms with Gasteiger partial charge in [0.1, 0.15) is 5.69 Å². The molecule has 0 aliphatic carbocycles. The number of nitrogens with zero attached hydrogens (tertiary/aromatic N) is 3. The van der Waals surface area contributed by atoms with Gasteiger partial charge in [0.05, 0.1) is 11.9 Å². The van der Waals surface area contributed by atoms with Crippen LogP contribution in [0.2, 0.25) is 0 Å². The Bertz CT molecular complexity index is 570. The molecule has 1 aromatic heterocycles. The van der Waals surface area contributed by atoms with E-state index < -0.39 is 0 Å². The molecule has 106 valence electrons. The van der Waals surface area contributed by atoms with Crippen molar-refractivity contribution < 1.29 is 4.79 Å². The van der Waals surface area contributed by atoms with Gasteiger partial charge in [-0.15, -0.1) is 0 Å². The molecule has 0 unspecified atom stereocenters. The zero-order chi connectivity index (χ0) is 14.7. The van der Waals surface area contributed by atoms with Crippen molar-refractivity contribution in [2.45, 2.75) is 26.4 Å². The summed E-state index contributed by atoms with van der Waals surface area (Å²) in [5.74, 6) is -0.0960. The number of nitrogen functional groups attached to an aromatic ring is 1. The molecule has 0 fully saturated rings. The van der Waals surface area contributed by atoms with E-state index in [1.165, 1.54) is 10.9 Å². The van der Waals surface area contributed by atoms with E-state index in [1.807, 2.05) is 44.2 Å². The van der Waals surface area contributed by atoms with Crippen LogP contribution in [0.3, 0.4) is 0 Å². The van der Waals surface area contributed by atoms with Gasteiger partial charge in [0, 0.05) is 19.6 Å². The monoisotopic (exact) mass is 272 g/mol. The molecule has 0 atom stereocenters. The Labute approximate surface area is 119 Å². The van der Waals surface area contributed by atoms with Gasteiger partial charge in [-0.25, -0.2) is 0 Å². The number of aromatic nitrogens is 2. The smallest absolute Gasteiger partial charge is 0.274 e. The molecule has 1 heterocycles. The maximum atomic E-state index is 12.7.